The van der Waals surface area contributed by atoms with Gasteiger partial charge in [0.15, 0.2) is 0 Å². The molecule has 76 valence electrons. The first-order chi connectivity index (χ1) is 6.37. The van der Waals surface area contributed by atoms with E-state index in [0.717, 1.165) is 12.0 Å². The smallest absolute Gasteiger partial charge is 0.130 e. The van der Waals surface area contributed by atoms with Gasteiger partial charge in [-0.05, 0) is 17.9 Å². The molecule has 1 heterocycles. The van der Waals surface area contributed by atoms with Gasteiger partial charge in [0.25, 0.3) is 0 Å². The molecule has 0 bridgehead atoms. The summed E-state index contributed by atoms with van der Waals surface area (Å²) in [5.74, 6) is 0. The van der Waals surface area contributed by atoms with Crippen molar-refractivity contribution in [2.45, 2.75) is 25.8 Å². The van der Waals surface area contributed by atoms with E-state index < -0.39 is 0 Å². The average molecular weight is 231 g/mol. The van der Waals surface area contributed by atoms with Gasteiger partial charge in [-0.15, -0.1) is 0 Å². The SMILES string of the molecule is CC1(C)CC1(N)c1cnc(Cl)cc1Cl. The molecule has 0 amide bonds. The van der Waals surface area contributed by atoms with Crippen molar-refractivity contribution in [3.8, 4) is 0 Å². The number of nitrogens with zero attached hydrogens (tertiary/aromatic N) is 1. The Hall–Kier alpha value is -0.310. The van der Waals surface area contributed by atoms with Crippen LogP contribution in [0.15, 0.2) is 12.3 Å². The zero-order valence-electron chi connectivity index (χ0n) is 8.14. The lowest BCUT2D eigenvalue weighted by molar-refractivity contribution is 0.509. The predicted octanol–water partition coefficient (Wildman–Crippen LogP) is 2.97. The Bertz CT molecular complexity index is 390. The van der Waals surface area contributed by atoms with Crippen molar-refractivity contribution in [3.63, 3.8) is 0 Å². The maximum Gasteiger partial charge on any atom is 0.130 e. The minimum atomic E-state index is -0.332. The molecular weight excluding hydrogens is 219 g/mol. The summed E-state index contributed by atoms with van der Waals surface area (Å²) in [5.41, 5.74) is 6.90. The summed E-state index contributed by atoms with van der Waals surface area (Å²) in [5, 5.41) is 1.01. The van der Waals surface area contributed by atoms with Crippen LogP contribution in [-0.2, 0) is 5.54 Å². The van der Waals surface area contributed by atoms with E-state index in [0.29, 0.717) is 10.2 Å². The number of halogens is 2. The molecule has 1 fully saturated rings. The summed E-state index contributed by atoms with van der Waals surface area (Å²) < 4.78 is 0. The number of pyridine rings is 1. The highest BCUT2D eigenvalue weighted by molar-refractivity contribution is 6.34. The molecule has 0 spiro atoms. The second-order valence-corrected chi connectivity index (χ2v) is 5.31. The van der Waals surface area contributed by atoms with Crippen molar-refractivity contribution in [3.05, 3.63) is 28.0 Å². The zero-order valence-corrected chi connectivity index (χ0v) is 9.65. The quantitative estimate of drug-likeness (QED) is 0.754. The van der Waals surface area contributed by atoms with Gasteiger partial charge in [-0.3, -0.25) is 0 Å². The molecule has 0 saturated heterocycles. The molecule has 1 aromatic heterocycles. The number of rotatable bonds is 1. The van der Waals surface area contributed by atoms with E-state index in [1.807, 2.05) is 0 Å². The van der Waals surface area contributed by atoms with Crippen LogP contribution >= 0.6 is 23.2 Å². The van der Waals surface area contributed by atoms with E-state index in [2.05, 4.69) is 18.8 Å². The second kappa shape index (κ2) is 2.84. The van der Waals surface area contributed by atoms with Crippen LogP contribution in [0.3, 0.4) is 0 Å². The molecule has 14 heavy (non-hydrogen) atoms. The lowest BCUT2D eigenvalue weighted by Crippen LogP contribution is -2.26. The van der Waals surface area contributed by atoms with E-state index in [4.69, 9.17) is 28.9 Å². The van der Waals surface area contributed by atoms with Gasteiger partial charge >= 0.3 is 0 Å². The lowest BCUT2D eigenvalue weighted by Gasteiger charge is -2.16. The van der Waals surface area contributed by atoms with Gasteiger partial charge < -0.3 is 5.73 Å². The fraction of sp³-hybridized carbons (Fsp3) is 0.500. The standard InChI is InChI=1S/C10H12Cl2N2/c1-9(2)5-10(9,13)6-4-14-8(12)3-7(6)11/h3-4H,5,13H2,1-2H3. The third-order valence-corrected chi connectivity index (χ3v) is 3.62. The van der Waals surface area contributed by atoms with Crippen molar-refractivity contribution in [1.82, 2.24) is 4.98 Å². The Morgan fingerprint density at radius 1 is 1.43 bits per heavy atom. The summed E-state index contributed by atoms with van der Waals surface area (Å²) in [6.45, 7) is 4.25. The van der Waals surface area contributed by atoms with Gasteiger partial charge in [-0.1, -0.05) is 37.0 Å². The predicted molar refractivity (Wildman–Crippen MR) is 58.5 cm³/mol. The molecule has 0 aliphatic heterocycles. The molecule has 1 saturated carbocycles. The van der Waals surface area contributed by atoms with Crippen LogP contribution in [0.2, 0.25) is 10.2 Å². The molecule has 4 heteroatoms. The van der Waals surface area contributed by atoms with E-state index in [1.165, 1.54) is 0 Å². The lowest BCUT2D eigenvalue weighted by atomic mass is 9.99. The Kier molecular flexibility index (Phi) is 2.08. The number of nitrogens with two attached hydrogens (primary N) is 1. The molecular formula is C10H12Cl2N2. The topological polar surface area (TPSA) is 38.9 Å². The van der Waals surface area contributed by atoms with Crippen molar-refractivity contribution >= 4 is 23.2 Å². The highest BCUT2D eigenvalue weighted by Gasteiger charge is 2.60. The fourth-order valence-corrected chi connectivity index (χ4v) is 2.38. The second-order valence-electron chi connectivity index (χ2n) is 4.52. The third-order valence-electron chi connectivity index (χ3n) is 3.10. The first kappa shape index (κ1) is 10.2. The Labute approximate surface area is 93.4 Å². The van der Waals surface area contributed by atoms with E-state index in [1.54, 1.807) is 12.3 Å². The van der Waals surface area contributed by atoms with E-state index in [9.17, 15) is 0 Å². The molecule has 1 aromatic rings. The Balaban J connectivity index is 2.45. The molecule has 1 aliphatic rings. The first-order valence-corrected chi connectivity index (χ1v) is 5.23. The third kappa shape index (κ3) is 1.33. The molecule has 0 aromatic carbocycles. The largest absolute Gasteiger partial charge is 0.321 e. The van der Waals surface area contributed by atoms with Gasteiger partial charge in [-0.2, -0.15) is 0 Å². The van der Waals surface area contributed by atoms with Crippen molar-refractivity contribution < 1.29 is 0 Å². The van der Waals surface area contributed by atoms with Crippen LogP contribution in [0.25, 0.3) is 0 Å². The fourth-order valence-electron chi connectivity index (χ4n) is 1.85. The summed E-state index contributed by atoms with van der Waals surface area (Å²) in [6, 6.07) is 1.64. The van der Waals surface area contributed by atoms with E-state index in [-0.39, 0.29) is 11.0 Å². The van der Waals surface area contributed by atoms with Gasteiger partial charge in [0.2, 0.25) is 0 Å². The van der Waals surface area contributed by atoms with Crippen LogP contribution < -0.4 is 5.73 Å². The van der Waals surface area contributed by atoms with Gasteiger partial charge in [0.1, 0.15) is 5.15 Å². The zero-order chi connectivity index (χ0) is 10.6. The maximum absolute atomic E-state index is 6.23. The Morgan fingerprint density at radius 3 is 2.43 bits per heavy atom. The molecule has 2 nitrogen and oxygen atoms in total. The first-order valence-electron chi connectivity index (χ1n) is 4.47. The monoisotopic (exact) mass is 230 g/mol. The number of aromatic nitrogens is 1. The minimum Gasteiger partial charge on any atom is -0.321 e. The van der Waals surface area contributed by atoms with Crippen LogP contribution in [0, 0.1) is 5.41 Å². The highest BCUT2D eigenvalue weighted by Crippen LogP contribution is 2.61. The molecule has 1 atom stereocenters. The van der Waals surface area contributed by atoms with Crippen LogP contribution in [-0.4, -0.2) is 4.98 Å². The van der Waals surface area contributed by atoms with Gasteiger partial charge in [-0.25, -0.2) is 4.98 Å². The van der Waals surface area contributed by atoms with Gasteiger partial charge in [0.05, 0.1) is 5.02 Å². The van der Waals surface area contributed by atoms with E-state index >= 15 is 0 Å². The molecule has 1 unspecified atom stereocenters. The van der Waals surface area contributed by atoms with Crippen LogP contribution in [0.4, 0.5) is 0 Å². The summed E-state index contributed by atoms with van der Waals surface area (Å²) in [4.78, 5) is 4.01. The highest BCUT2D eigenvalue weighted by atomic mass is 35.5. The average Bonchev–Trinajstić information content (AvgIpc) is 2.50. The van der Waals surface area contributed by atoms with Crippen LogP contribution in [0.5, 0.6) is 0 Å². The van der Waals surface area contributed by atoms with Crippen molar-refractivity contribution in [1.29, 1.82) is 0 Å². The normalized spacial score (nSPS) is 28.9. The minimum absolute atomic E-state index is 0.103. The summed E-state index contributed by atoms with van der Waals surface area (Å²) >= 11 is 11.8. The van der Waals surface area contributed by atoms with Crippen molar-refractivity contribution in [2.75, 3.05) is 0 Å². The van der Waals surface area contributed by atoms with Gasteiger partial charge in [0, 0.05) is 17.3 Å². The number of hydrogen-bond acceptors (Lipinski definition) is 2. The molecule has 2 rings (SSSR count). The van der Waals surface area contributed by atoms with Crippen molar-refractivity contribution in [2.24, 2.45) is 11.1 Å². The molecule has 2 N–H and O–H groups in total. The summed E-state index contributed by atoms with van der Waals surface area (Å²) in [6.07, 6.45) is 2.61. The molecule has 1 aliphatic carbocycles. The van der Waals surface area contributed by atoms with Crippen LogP contribution in [0.1, 0.15) is 25.8 Å². The summed E-state index contributed by atoms with van der Waals surface area (Å²) in [7, 11) is 0. The molecule has 0 radical (unpaired) electrons. The maximum atomic E-state index is 6.23. The Morgan fingerprint density at radius 2 is 2.00 bits per heavy atom. The number of hydrogen-bond donors (Lipinski definition) is 1.